The summed E-state index contributed by atoms with van der Waals surface area (Å²) in [6.45, 7) is 2.55. The number of nitrogens with one attached hydrogen (secondary N) is 1. The van der Waals surface area contributed by atoms with Gasteiger partial charge in [0.2, 0.25) is 10.0 Å². The highest BCUT2D eigenvalue weighted by molar-refractivity contribution is 7.89. The Morgan fingerprint density at radius 3 is 2.81 bits per heavy atom. The van der Waals surface area contributed by atoms with E-state index in [2.05, 4.69) is 0 Å². The average molecular weight is 251 g/mol. The smallest absolute Gasteiger partial charge is 0.262 e. The molecule has 16 heavy (non-hydrogen) atoms. The Balaban J connectivity index is 2.28. The molecule has 1 rings (SSSR count). The molecule has 0 aromatic rings. The van der Waals surface area contributed by atoms with Gasteiger partial charge in [0.25, 0.3) is 5.91 Å². The summed E-state index contributed by atoms with van der Waals surface area (Å²) in [7, 11) is -3.52. The average Bonchev–Trinajstić information content (AvgIpc) is 2.63. The van der Waals surface area contributed by atoms with Crippen molar-refractivity contribution < 1.29 is 22.7 Å². The molecular weight excluding hydrogens is 234 g/mol. The van der Waals surface area contributed by atoms with Crippen LogP contribution in [0.15, 0.2) is 0 Å². The van der Waals surface area contributed by atoms with Crippen molar-refractivity contribution in [2.45, 2.75) is 32.0 Å². The topological polar surface area (TPSA) is 81.7 Å². The Labute approximate surface area is 95.4 Å². The van der Waals surface area contributed by atoms with Crippen molar-refractivity contribution in [1.29, 1.82) is 0 Å². The van der Waals surface area contributed by atoms with Gasteiger partial charge in [-0.3, -0.25) is 9.52 Å². The molecule has 94 valence electrons. The maximum absolute atomic E-state index is 11.3. The molecule has 1 aliphatic heterocycles. The minimum absolute atomic E-state index is 0.0217. The summed E-state index contributed by atoms with van der Waals surface area (Å²) in [5.41, 5.74) is 0. The molecule has 0 aromatic carbocycles. The summed E-state index contributed by atoms with van der Waals surface area (Å²) >= 11 is 0. The van der Waals surface area contributed by atoms with Crippen LogP contribution in [-0.2, 0) is 24.3 Å². The molecule has 0 bridgehead atoms. The molecule has 0 saturated carbocycles. The van der Waals surface area contributed by atoms with E-state index in [0.29, 0.717) is 6.61 Å². The largest absolute Gasteiger partial charge is 0.376 e. The van der Waals surface area contributed by atoms with Crippen LogP contribution >= 0.6 is 0 Å². The van der Waals surface area contributed by atoms with Gasteiger partial charge in [0.1, 0.15) is 6.10 Å². The lowest BCUT2D eigenvalue weighted by molar-refractivity contribution is -0.131. The van der Waals surface area contributed by atoms with Crippen LogP contribution in [0.25, 0.3) is 0 Å². The first kappa shape index (κ1) is 13.4. The molecule has 0 aromatic heterocycles. The Hall–Kier alpha value is -0.660. The van der Waals surface area contributed by atoms with Crippen LogP contribution in [0.3, 0.4) is 0 Å². The Morgan fingerprint density at radius 1 is 1.62 bits per heavy atom. The van der Waals surface area contributed by atoms with Gasteiger partial charge in [-0.05, 0) is 19.8 Å². The molecule has 2 atom stereocenters. The quantitative estimate of drug-likeness (QED) is 0.722. The third-order valence-corrected chi connectivity index (χ3v) is 2.78. The molecule has 1 amide bonds. The van der Waals surface area contributed by atoms with Crippen LogP contribution in [0.4, 0.5) is 0 Å². The van der Waals surface area contributed by atoms with Gasteiger partial charge in [0.15, 0.2) is 0 Å². The number of rotatable bonds is 5. The summed E-state index contributed by atoms with van der Waals surface area (Å²) in [5.74, 6) is -0.652. The van der Waals surface area contributed by atoms with Gasteiger partial charge < -0.3 is 9.47 Å². The lowest BCUT2D eigenvalue weighted by atomic mass is 10.2. The van der Waals surface area contributed by atoms with E-state index in [9.17, 15) is 13.2 Å². The zero-order valence-corrected chi connectivity index (χ0v) is 10.2. The molecule has 1 saturated heterocycles. The highest BCUT2D eigenvalue weighted by Gasteiger charge is 2.21. The number of carbonyl (C=O) groups excluding carboxylic acids is 1. The van der Waals surface area contributed by atoms with Crippen molar-refractivity contribution in [3.8, 4) is 0 Å². The van der Waals surface area contributed by atoms with Gasteiger partial charge in [0.05, 0.1) is 19.0 Å². The number of hydrogen-bond donors (Lipinski definition) is 1. The molecule has 1 fully saturated rings. The van der Waals surface area contributed by atoms with Crippen LogP contribution in [0.5, 0.6) is 0 Å². The Kier molecular flexibility index (Phi) is 4.69. The van der Waals surface area contributed by atoms with E-state index in [1.54, 1.807) is 0 Å². The van der Waals surface area contributed by atoms with E-state index in [1.165, 1.54) is 6.92 Å². The lowest BCUT2D eigenvalue weighted by Gasteiger charge is -2.15. The summed E-state index contributed by atoms with van der Waals surface area (Å²) in [6, 6.07) is 0. The zero-order valence-electron chi connectivity index (χ0n) is 9.43. The predicted molar refractivity (Wildman–Crippen MR) is 57.4 cm³/mol. The lowest BCUT2D eigenvalue weighted by Crippen LogP contribution is -2.38. The molecule has 6 nitrogen and oxygen atoms in total. The molecule has 1 N–H and O–H groups in total. The summed E-state index contributed by atoms with van der Waals surface area (Å²) in [4.78, 5) is 11.3. The van der Waals surface area contributed by atoms with Crippen molar-refractivity contribution in [2.75, 3.05) is 19.5 Å². The second-order valence-electron chi connectivity index (χ2n) is 3.85. The fourth-order valence-electron chi connectivity index (χ4n) is 1.37. The van der Waals surface area contributed by atoms with Gasteiger partial charge in [-0.1, -0.05) is 0 Å². The van der Waals surface area contributed by atoms with E-state index in [-0.39, 0.29) is 6.10 Å². The first-order valence-corrected chi connectivity index (χ1v) is 7.02. The first-order chi connectivity index (χ1) is 7.38. The Bertz CT molecular complexity index is 334. The number of sulfonamides is 1. The minimum atomic E-state index is -3.52. The second-order valence-corrected chi connectivity index (χ2v) is 5.60. The third kappa shape index (κ3) is 4.91. The van der Waals surface area contributed by atoms with Crippen LogP contribution in [0.2, 0.25) is 0 Å². The SMILES string of the molecule is C[C@@H](OC[C@H]1CCCO1)C(=O)NS(C)(=O)=O. The first-order valence-electron chi connectivity index (χ1n) is 5.13. The van der Waals surface area contributed by atoms with Crippen molar-refractivity contribution in [2.24, 2.45) is 0 Å². The zero-order chi connectivity index (χ0) is 12.2. The molecule has 1 heterocycles. The predicted octanol–water partition coefficient (Wildman–Crippen LogP) is -0.354. The van der Waals surface area contributed by atoms with Crippen molar-refractivity contribution in [3.05, 3.63) is 0 Å². The van der Waals surface area contributed by atoms with Gasteiger partial charge in [-0.2, -0.15) is 0 Å². The maximum Gasteiger partial charge on any atom is 0.262 e. The van der Waals surface area contributed by atoms with E-state index < -0.39 is 22.0 Å². The molecular formula is C9H17NO5S. The number of ether oxygens (including phenoxy) is 2. The van der Waals surface area contributed by atoms with Crippen molar-refractivity contribution in [1.82, 2.24) is 4.72 Å². The fraction of sp³-hybridized carbons (Fsp3) is 0.889. The molecule has 0 spiro atoms. The van der Waals surface area contributed by atoms with Crippen molar-refractivity contribution in [3.63, 3.8) is 0 Å². The summed E-state index contributed by atoms with van der Waals surface area (Å²) in [5, 5.41) is 0. The van der Waals surface area contributed by atoms with E-state index in [0.717, 1.165) is 25.7 Å². The van der Waals surface area contributed by atoms with Gasteiger partial charge in [-0.25, -0.2) is 8.42 Å². The van der Waals surface area contributed by atoms with Gasteiger partial charge >= 0.3 is 0 Å². The van der Waals surface area contributed by atoms with Crippen LogP contribution in [0.1, 0.15) is 19.8 Å². The Morgan fingerprint density at radius 2 is 2.31 bits per heavy atom. The second kappa shape index (κ2) is 5.60. The fourth-order valence-corrected chi connectivity index (χ4v) is 1.90. The number of carbonyl (C=O) groups is 1. The monoisotopic (exact) mass is 251 g/mol. The summed E-state index contributed by atoms with van der Waals surface area (Å²) in [6.07, 6.45) is 2.07. The summed E-state index contributed by atoms with van der Waals surface area (Å²) < 4.78 is 34.0. The van der Waals surface area contributed by atoms with E-state index in [4.69, 9.17) is 9.47 Å². The number of amides is 1. The molecule has 0 radical (unpaired) electrons. The highest BCUT2D eigenvalue weighted by Crippen LogP contribution is 2.12. The van der Waals surface area contributed by atoms with Crippen LogP contribution in [0, 0.1) is 0 Å². The maximum atomic E-state index is 11.3. The van der Waals surface area contributed by atoms with Gasteiger partial charge in [0, 0.05) is 6.61 Å². The molecule has 1 aliphatic rings. The highest BCUT2D eigenvalue weighted by atomic mass is 32.2. The third-order valence-electron chi connectivity index (χ3n) is 2.21. The molecule has 0 unspecified atom stereocenters. The molecule has 7 heteroatoms. The van der Waals surface area contributed by atoms with E-state index >= 15 is 0 Å². The number of hydrogen-bond acceptors (Lipinski definition) is 5. The normalized spacial score (nSPS) is 23.0. The standard InChI is InChI=1S/C9H17NO5S/c1-7(9(11)10-16(2,12)13)15-6-8-4-3-5-14-8/h7-8H,3-6H2,1-2H3,(H,10,11)/t7-,8-/m1/s1. The van der Waals surface area contributed by atoms with Crippen LogP contribution < -0.4 is 4.72 Å². The van der Waals surface area contributed by atoms with Crippen molar-refractivity contribution >= 4 is 15.9 Å². The minimum Gasteiger partial charge on any atom is -0.376 e. The van der Waals surface area contributed by atoms with Gasteiger partial charge in [-0.15, -0.1) is 0 Å². The molecule has 0 aliphatic carbocycles. The van der Waals surface area contributed by atoms with Crippen LogP contribution in [-0.4, -0.2) is 46.0 Å². The van der Waals surface area contributed by atoms with E-state index in [1.807, 2.05) is 4.72 Å².